The average Bonchev–Trinajstić information content (AvgIpc) is 1.68. The molecule has 0 heterocycles. The summed E-state index contributed by atoms with van der Waals surface area (Å²) in [5, 5.41) is 0. The second-order valence-corrected chi connectivity index (χ2v) is 1.75. The fourth-order valence-electron chi connectivity index (χ4n) is 0.418. The largest absolute Gasteiger partial charge is 0.0891 e. The first-order valence-electron chi connectivity index (χ1n) is 2.77. The lowest BCUT2D eigenvalue weighted by Gasteiger charge is -2.03. The number of rotatable bonds is 3. The molecule has 0 spiro atoms. The minimum atomic E-state index is 0.324. The van der Waals surface area contributed by atoms with Gasteiger partial charge in [0.2, 0.25) is 0 Å². The van der Waals surface area contributed by atoms with E-state index >= 15 is 0 Å². The predicted molar refractivity (Wildman–Crippen MR) is 35.0 cm³/mol. The Morgan fingerprint density at radius 3 is 2.29 bits per heavy atom. The Morgan fingerprint density at radius 2 is 2.14 bits per heavy atom. The van der Waals surface area contributed by atoms with Gasteiger partial charge in [-0.2, -0.15) is 0 Å². The highest BCUT2D eigenvalue weighted by molar-refractivity contribution is 6.13. The van der Waals surface area contributed by atoms with Gasteiger partial charge in [-0.3, -0.25) is 0 Å². The van der Waals surface area contributed by atoms with Crippen LogP contribution in [0.25, 0.3) is 0 Å². The third kappa shape index (κ3) is 3.97. The van der Waals surface area contributed by atoms with Crippen molar-refractivity contribution >= 4 is 15.7 Å². The van der Waals surface area contributed by atoms with Gasteiger partial charge in [-0.1, -0.05) is 31.9 Å². The van der Waals surface area contributed by atoms with Crippen molar-refractivity contribution < 1.29 is 0 Å². The van der Waals surface area contributed by atoms with E-state index in [4.69, 9.17) is 15.7 Å². The van der Waals surface area contributed by atoms with Crippen LogP contribution in [0.5, 0.6) is 0 Å². The molecule has 0 aromatic rings. The lowest BCUT2D eigenvalue weighted by atomic mass is 9.78. The van der Waals surface area contributed by atoms with Crippen molar-refractivity contribution in [1.82, 2.24) is 0 Å². The highest BCUT2D eigenvalue weighted by atomic mass is 13.9. The molecule has 0 aromatic carbocycles. The highest BCUT2D eigenvalue weighted by Gasteiger charge is 1.92. The second-order valence-electron chi connectivity index (χ2n) is 1.75. The summed E-state index contributed by atoms with van der Waals surface area (Å²) in [5.74, 6) is 0.324. The Balaban J connectivity index is 2.83. The summed E-state index contributed by atoms with van der Waals surface area (Å²) in [6.07, 6.45) is 2.71. The molecule has 0 fully saturated rings. The Hall–Kier alpha value is 0.130. The molecule has 7 heavy (non-hydrogen) atoms. The molecule has 0 bridgehead atoms. The van der Waals surface area contributed by atoms with Gasteiger partial charge >= 0.3 is 0 Å². The Bertz CT molecular complexity index is 37.1. The summed E-state index contributed by atoms with van der Waals surface area (Å²) in [4.78, 5) is 0. The first-order valence-corrected chi connectivity index (χ1v) is 2.77. The monoisotopic (exact) mass is 92.1 g/mol. The van der Waals surface area contributed by atoms with Crippen molar-refractivity contribution in [2.75, 3.05) is 0 Å². The molecule has 0 saturated carbocycles. The van der Waals surface area contributed by atoms with Crippen LogP contribution in [0.4, 0.5) is 0 Å². The zero-order chi connectivity index (χ0) is 5.70. The standard InChI is InChI=1S/C5H10B2/c1-2-5(7)3-4-6/h5H,2-4H2,1H3. The molecule has 1 atom stereocenters. The van der Waals surface area contributed by atoms with Crippen LogP contribution in [0.1, 0.15) is 19.8 Å². The van der Waals surface area contributed by atoms with Crippen LogP contribution < -0.4 is 0 Å². The molecule has 0 aliphatic rings. The Morgan fingerprint density at radius 1 is 1.57 bits per heavy atom. The SMILES string of the molecule is [B]CCC([B])CC. The fraction of sp³-hybridized carbons (Fsp3) is 1.00. The minimum Gasteiger partial charge on any atom is -0.0891 e. The molecule has 0 saturated heterocycles. The van der Waals surface area contributed by atoms with E-state index in [-0.39, 0.29) is 0 Å². The molecule has 0 nitrogen and oxygen atoms in total. The molecule has 4 radical (unpaired) electrons. The zero-order valence-electron chi connectivity index (χ0n) is 4.85. The van der Waals surface area contributed by atoms with Gasteiger partial charge in [0.25, 0.3) is 0 Å². The maximum absolute atomic E-state index is 5.50. The molecular weight excluding hydrogens is 81.7 g/mol. The molecule has 0 amide bonds. The molecule has 2 heteroatoms. The average molecular weight is 91.8 g/mol. The van der Waals surface area contributed by atoms with E-state index in [1.807, 2.05) is 0 Å². The molecular formula is C5H10B2. The van der Waals surface area contributed by atoms with Gasteiger partial charge in [0.1, 0.15) is 0 Å². The lowest BCUT2D eigenvalue weighted by molar-refractivity contribution is 0.767. The van der Waals surface area contributed by atoms with Crippen molar-refractivity contribution in [2.45, 2.75) is 31.9 Å². The summed E-state index contributed by atoms with van der Waals surface area (Å²) in [7, 11) is 10.7. The topological polar surface area (TPSA) is 0 Å². The van der Waals surface area contributed by atoms with Crippen molar-refractivity contribution in [3.05, 3.63) is 0 Å². The molecule has 36 valence electrons. The quantitative estimate of drug-likeness (QED) is 0.460. The van der Waals surface area contributed by atoms with Gasteiger partial charge in [-0.25, -0.2) is 0 Å². The van der Waals surface area contributed by atoms with Gasteiger partial charge in [-0.05, 0) is 0 Å². The van der Waals surface area contributed by atoms with Gasteiger partial charge in [-0.15, -0.1) is 0 Å². The van der Waals surface area contributed by atoms with Crippen LogP contribution in [0.2, 0.25) is 12.1 Å². The molecule has 0 aliphatic carbocycles. The summed E-state index contributed by atoms with van der Waals surface area (Å²) < 4.78 is 0. The summed E-state index contributed by atoms with van der Waals surface area (Å²) in [6.45, 7) is 2.07. The zero-order valence-corrected chi connectivity index (χ0v) is 4.85. The van der Waals surface area contributed by atoms with E-state index in [0.717, 1.165) is 19.2 Å². The summed E-state index contributed by atoms with van der Waals surface area (Å²) in [5.41, 5.74) is 0. The first-order chi connectivity index (χ1) is 3.31. The third-order valence-electron chi connectivity index (χ3n) is 1.06. The van der Waals surface area contributed by atoms with Crippen LogP contribution in [0.15, 0.2) is 0 Å². The van der Waals surface area contributed by atoms with Gasteiger partial charge in [0.15, 0.2) is 0 Å². The van der Waals surface area contributed by atoms with Crippen LogP contribution in [-0.4, -0.2) is 15.7 Å². The van der Waals surface area contributed by atoms with Gasteiger partial charge in [0, 0.05) is 0 Å². The van der Waals surface area contributed by atoms with Crippen LogP contribution in [-0.2, 0) is 0 Å². The molecule has 0 aromatic heterocycles. The number of hydrogen-bond acceptors (Lipinski definition) is 0. The van der Waals surface area contributed by atoms with Gasteiger partial charge in [0.05, 0.1) is 15.7 Å². The normalized spacial score (nSPS) is 13.9. The molecule has 0 aliphatic heterocycles. The van der Waals surface area contributed by atoms with Crippen molar-refractivity contribution in [3.8, 4) is 0 Å². The molecule has 0 N–H and O–H groups in total. The molecule has 0 rings (SSSR count). The predicted octanol–water partition coefficient (Wildman–Crippen LogP) is 1.33. The maximum Gasteiger partial charge on any atom is 0.0699 e. The maximum atomic E-state index is 5.50. The van der Waals surface area contributed by atoms with Crippen molar-refractivity contribution in [2.24, 2.45) is 0 Å². The van der Waals surface area contributed by atoms with Crippen molar-refractivity contribution in [3.63, 3.8) is 0 Å². The van der Waals surface area contributed by atoms with Crippen LogP contribution in [0.3, 0.4) is 0 Å². The minimum absolute atomic E-state index is 0.324. The van der Waals surface area contributed by atoms with Crippen molar-refractivity contribution in [1.29, 1.82) is 0 Å². The first kappa shape index (κ1) is 7.13. The van der Waals surface area contributed by atoms with E-state index in [2.05, 4.69) is 6.92 Å². The summed E-state index contributed by atoms with van der Waals surface area (Å²) >= 11 is 0. The molecule has 1 unspecified atom stereocenters. The van der Waals surface area contributed by atoms with E-state index in [0.29, 0.717) is 5.82 Å². The third-order valence-corrected chi connectivity index (χ3v) is 1.06. The number of hydrogen-bond donors (Lipinski definition) is 0. The van der Waals surface area contributed by atoms with Crippen LogP contribution >= 0.6 is 0 Å². The van der Waals surface area contributed by atoms with E-state index < -0.39 is 0 Å². The Kier molecular flexibility index (Phi) is 4.37. The van der Waals surface area contributed by atoms with Gasteiger partial charge < -0.3 is 0 Å². The lowest BCUT2D eigenvalue weighted by Crippen LogP contribution is -1.87. The fourth-order valence-corrected chi connectivity index (χ4v) is 0.418. The summed E-state index contributed by atoms with van der Waals surface area (Å²) in [6, 6.07) is 0. The van der Waals surface area contributed by atoms with E-state index in [9.17, 15) is 0 Å². The van der Waals surface area contributed by atoms with E-state index in [1.165, 1.54) is 0 Å². The van der Waals surface area contributed by atoms with E-state index in [1.54, 1.807) is 0 Å². The smallest absolute Gasteiger partial charge is 0.0699 e. The second kappa shape index (κ2) is 4.29. The Labute approximate surface area is 48.5 Å². The van der Waals surface area contributed by atoms with Crippen LogP contribution in [0, 0.1) is 0 Å². The highest BCUT2D eigenvalue weighted by Crippen LogP contribution is 2.10.